The van der Waals surface area contributed by atoms with Crippen LogP contribution in [0, 0.1) is 0 Å². The van der Waals surface area contributed by atoms with E-state index in [9.17, 15) is 5.11 Å². The van der Waals surface area contributed by atoms with Crippen molar-refractivity contribution in [2.24, 2.45) is 0 Å². The van der Waals surface area contributed by atoms with Gasteiger partial charge in [0.2, 0.25) is 0 Å². The molecule has 0 aromatic heterocycles. The summed E-state index contributed by atoms with van der Waals surface area (Å²) in [6, 6.07) is 15.9. The summed E-state index contributed by atoms with van der Waals surface area (Å²) in [7, 11) is 1.66. The molecule has 0 spiro atoms. The molecule has 2 aromatic rings. The van der Waals surface area contributed by atoms with Crippen molar-refractivity contribution in [2.75, 3.05) is 33.5 Å². The third-order valence-corrected chi connectivity index (χ3v) is 4.08. The van der Waals surface area contributed by atoms with Gasteiger partial charge in [0, 0.05) is 19.2 Å². The first-order chi connectivity index (χ1) is 12.7. The van der Waals surface area contributed by atoms with Gasteiger partial charge in [-0.25, -0.2) is 0 Å². The molecule has 142 valence electrons. The number of methoxy groups -OCH3 is 1. The van der Waals surface area contributed by atoms with Crippen LogP contribution in [0.3, 0.4) is 0 Å². The number of benzene rings is 2. The first kappa shape index (κ1) is 20.2. The molecule has 0 amide bonds. The van der Waals surface area contributed by atoms with Crippen LogP contribution in [0.5, 0.6) is 11.5 Å². The Hall–Kier alpha value is -2.08. The quantitative estimate of drug-likeness (QED) is 0.571. The van der Waals surface area contributed by atoms with Gasteiger partial charge < -0.3 is 24.6 Å². The van der Waals surface area contributed by atoms with Crippen LogP contribution in [0.15, 0.2) is 48.5 Å². The molecule has 2 aromatic carbocycles. The molecule has 2 N–H and O–H groups in total. The van der Waals surface area contributed by atoms with E-state index in [-0.39, 0.29) is 12.6 Å². The van der Waals surface area contributed by atoms with E-state index >= 15 is 0 Å². The minimum atomic E-state index is 0.00169. The lowest BCUT2D eigenvalue weighted by atomic mass is 10.1. The summed E-state index contributed by atoms with van der Waals surface area (Å²) in [5.74, 6) is 1.68. The van der Waals surface area contributed by atoms with Crippen LogP contribution in [0.25, 0.3) is 0 Å². The summed E-state index contributed by atoms with van der Waals surface area (Å²) in [4.78, 5) is 0. The number of aliphatic hydroxyl groups excluding tert-OH is 1. The average molecular weight is 359 g/mol. The van der Waals surface area contributed by atoms with Crippen molar-refractivity contribution >= 4 is 0 Å². The van der Waals surface area contributed by atoms with E-state index in [0.29, 0.717) is 26.4 Å². The van der Waals surface area contributed by atoms with E-state index in [1.165, 1.54) is 0 Å². The molecule has 0 heterocycles. The topological polar surface area (TPSA) is 60.0 Å². The van der Waals surface area contributed by atoms with Crippen LogP contribution in [0.1, 0.15) is 18.1 Å². The van der Waals surface area contributed by atoms with E-state index in [1.807, 2.05) is 55.5 Å². The number of ether oxygens (including phenoxy) is 3. The Morgan fingerprint density at radius 3 is 2.19 bits per heavy atom. The first-order valence-electron chi connectivity index (χ1n) is 9.01. The third kappa shape index (κ3) is 7.04. The summed E-state index contributed by atoms with van der Waals surface area (Å²) in [5, 5.41) is 13.0. The van der Waals surface area contributed by atoms with Crippen LogP contribution >= 0.6 is 0 Å². The Labute approximate surface area is 155 Å². The molecule has 2 rings (SSSR count). The highest BCUT2D eigenvalue weighted by Gasteiger charge is 2.08. The van der Waals surface area contributed by atoms with Gasteiger partial charge in [0.15, 0.2) is 0 Å². The molecule has 26 heavy (non-hydrogen) atoms. The molecule has 0 radical (unpaired) electrons. The van der Waals surface area contributed by atoms with Crippen molar-refractivity contribution < 1.29 is 19.3 Å². The third-order valence-electron chi connectivity index (χ3n) is 4.08. The molecule has 5 nitrogen and oxygen atoms in total. The SMILES string of the molecule is CCOCCOc1ccc(C[C@@H](CO)NCc2ccc(OC)cc2)cc1. The van der Waals surface area contributed by atoms with Crippen LogP contribution in [0.4, 0.5) is 0 Å². The summed E-state index contributed by atoms with van der Waals surface area (Å²) in [6.07, 6.45) is 0.756. The molecule has 0 aliphatic heterocycles. The summed E-state index contributed by atoms with van der Waals surface area (Å²) in [6.45, 7) is 4.61. The van der Waals surface area contributed by atoms with Gasteiger partial charge in [-0.15, -0.1) is 0 Å². The molecule has 0 bridgehead atoms. The highest BCUT2D eigenvalue weighted by Crippen LogP contribution is 2.14. The summed E-state index contributed by atoms with van der Waals surface area (Å²) in [5.41, 5.74) is 2.31. The second kappa shape index (κ2) is 11.5. The standard InChI is InChI=1S/C21H29NO4/c1-3-25-12-13-26-21-10-4-17(5-11-21)14-19(16-23)22-15-18-6-8-20(24-2)9-7-18/h4-11,19,22-23H,3,12-16H2,1-2H3/t19-/m0/s1. The fraction of sp³-hybridized carbons (Fsp3) is 0.429. The maximum absolute atomic E-state index is 9.65. The van der Waals surface area contributed by atoms with Crippen molar-refractivity contribution in [2.45, 2.75) is 25.9 Å². The van der Waals surface area contributed by atoms with Crippen molar-refractivity contribution in [1.29, 1.82) is 0 Å². The Kier molecular flexibility index (Phi) is 8.96. The molecule has 0 saturated carbocycles. The van der Waals surface area contributed by atoms with Crippen molar-refractivity contribution in [3.05, 3.63) is 59.7 Å². The van der Waals surface area contributed by atoms with Gasteiger partial charge in [-0.05, 0) is 48.7 Å². The molecule has 0 aliphatic carbocycles. The largest absolute Gasteiger partial charge is 0.497 e. The van der Waals surface area contributed by atoms with Gasteiger partial charge in [-0.3, -0.25) is 0 Å². The number of rotatable bonds is 12. The van der Waals surface area contributed by atoms with Gasteiger partial charge >= 0.3 is 0 Å². The van der Waals surface area contributed by atoms with E-state index in [1.54, 1.807) is 7.11 Å². The maximum atomic E-state index is 9.65. The van der Waals surface area contributed by atoms with Gasteiger partial charge in [0.05, 0.1) is 20.3 Å². The monoisotopic (exact) mass is 359 g/mol. The zero-order chi connectivity index (χ0) is 18.6. The lowest BCUT2D eigenvalue weighted by Gasteiger charge is -2.17. The zero-order valence-electron chi connectivity index (χ0n) is 15.6. The number of nitrogens with one attached hydrogen (secondary N) is 1. The average Bonchev–Trinajstić information content (AvgIpc) is 2.70. The fourth-order valence-electron chi connectivity index (χ4n) is 2.58. The van der Waals surface area contributed by atoms with E-state index in [4.69, 9.17) is 14.2 Å². The highest BCUT2D eigenvalue weighted by molar-refractivity contribution is 5.28. The van der Waals surface area contributed by atoms with Crippen LogP contribution in [0.2, 0.25) is 0 Å². The Morgan fingerprint density at radius 1 is 0.923 bits per heavy atom. The van der Waals surface area contributed by atoms with Gasteiger partial charge in [-0.2, -0.15) is 0 Å². The minimum Gasteiger partial charge on any atom is -0.497 e. The lowest BCUT2D eigenvalue weighted by molar-refractivity contribution is 0.110. The van der Waals surface area contributed by atoms with E-state index in [2.05, 4.69) is 5.32 Å². The fourth-order valence-corrected chi connectivity index (χ4v) is 2.58. The van der Waals surface area contributed by atoms with Gasteiger partial charge in [-0.1, -0.05) is 24.3 Å². The van der Waals surface area contributed by atoms with Crippen molar-refractivity contribution in [1.82, 2.24) is 5.32 Å². The molecular formula is C21H29NO4. The second-order valence-corrected chi connectivity index (χ2v) is 6.00. The first-order valence-corrected chi connectivity index (χ1v) is 9.01. The molecule has 0 unspecified atom stereocenters. The van der Waals surface area contributed by atoms with Crippen molar-refractivity contribution in [3.8, 4) is 11.5 Å². The molecule has 0 saturated heterocycles. The smallest absolute Gasteiger partial charge is 0.119 e. The van der Waals surface area contributed by atoms with Crippen molar-refractivity contribution in [3.63, 3.8) is 0 Å². The zero-order valence-corrected chi connectivity index (χ0v) is 15.6. The molecule has 0 fully saturated rings. The number of hydrogen-bond acceptors (Lipinski definition) is 5. The van der Waals surface area contributed by atoms with Crippen LogP contribution < -0.4 is 14.8 Å². The van der Waals surface area contributed by atoms with Crippen LogP contribution in [-0.2, 0) is 17.7 Å². The van der Waals surface area contributed by atoms with E-state index in [0.717, 1.165) is 29.0 Å². The Morgan fingerprint density at radius 2 is 1.58 bits per heavy atom. The maximum Gasteiger partial charge on any atom is 0.119 e. The minimum absolute atomic E-state index is 0.00169. The predicted molar refractivity (Wildman–Crippen MR) is 103 cm³/mol. The lowest BCUT2D eigenvalue weighted by Crippen LogP contribution is -2.34. The number of hydrogen-bond donors (Lipinski definition) is 2. The second-order valence-electron chi connectivity index (χ2n) is 6.00. The van der Waals surface area contributed by atoms with Crippen LogP contribution in [-0.4, -0.2) is 44.7 Å². The van der Waals surface area contributed by atoms with E-state index < -0.39 is 0 Å². The summed E-state index contributed by atoms with van der Waals surface area (Å²) >= 11 is 0. The molecule has 5 heteroatoms. The normalized spacial score (nSPS) is 12.0. The predicted octanol–water partition coefficient (Wildman–Crippen LogP) is 2.80. The summed E-state index contributed by atoms with van der Waals surface area (Å²) < 4.78 is 16.0. The Balaban J connectivity index is 1.78. The van der Waals surface area contributed by atoms with Gasteiger partial charge in [0.25, 0.3) is 0 Å². The highest BCUT2D eigenvalue weighted by atomic mass is 16.5. The molecule has 0 aliphatic rings. The van der Waals surface area contributed by atoms with Gasteiger partial charge in [0.1, 0.15) is 18.1 Å². The molecular weight excluding hydrogens is 330 g/mol. The molecule has 1 atom stereocenters. The Bertz CT molecular complexity index is 613. The number of aliphatic hydroxyl groups is 1.